The molecule has 122 valence electrons. The van der Waals surface area contributed by atoms with Crippen LogP contribution in [-0.2, 0) is 14.4 Å². The number of rotatable bonds is 3. The molecule has 0 bridgehead atoms. The maximum Gasteiger partial charge on any atom is 0.244 e. The van der Waals surface area contributed by atoms with E-state index in [0.29, 0.717) is 18.5 Å². The van der Waals surface area contributed by atoms with Gasteiger partial charge in [-0.15, -0.1) is 0 Å². The van der Waals surface area contributed by atoms with Crippen LogP contribution in [0, 0.1) is 5.41 Å². The summed E-state index contributed by atoms with van der Waals surface area (Å²) in [5, 5.41) is 2.71. The standard InChI is InChI=1S/C17H19BrN2O3/c18-12-3-5-13(6-4-12)19-14(21)11-20-15(22)9-17(10-16(20)23)7-1-2-8-17/h3-6H,1-2,7-11H2,(H,19,21). The molecule has 1 heterocycles. The number of carbonyl (C=O) groups is 3. The molecular formula is C17H19BrN2O3. The summed E-state index contributed by atoms with van der Waals surface area (Å²) < 4.78 is 0.916. The van der Waals surface area contributed by atoms with Crippen LogP contribution in [0.15, 0.2) is 28.7 Å². The summed E-state index contributed by atoms with van der Waals surface area (Å²) in [6.45, 7) is -0.205. The molecule has 3 rings (SSSR count). The fourth-order valence-corrected chi connectivity index (χ4v) is 3.83. The van der Waals surface area contributed by atoms with Gasteiger partial charge in [0.15, 0.2) is 0 Å². The number of nitrogens with one attached hydrogen (secondary N) is 1. The highest BCUT2D eigenvalue weighted by Crippen LogP contribution is 2.46. The van der Waals surface area contributed by atoms with E-state index in [1.807, 2.05) is 12.1 Å². The minimum Gasteiger partial charge on any atom is -0.325 e. The number of benzene rings is 1. The molecule has 3 amide bonds. The number of anilines is 1. The van der Waals surface area contributed by atoms with Crippen LogP contribution < -0.4 is 5.32 Å². The molecule has 1 saturated heterocycles. The lowest BCUT2D eigenvalue weighted by Crippen LogP contribution is -2.49. The lowest BCUT2D eigenvalue weighted by Gasteiger charge is -2.36. The van der Waals surface area contributed by atoms with Crippen molar-refractivity contribution in [2.24, 2.45) is 5.41 Å². The van der Waals surface area contributed by atoms with E-state index in [9.17, 15) is 14.4 Å². The number of hydrogen-bond donors (Lipinski definition) is 1. The Morgan fingerprint density at radius 1 is 1.09 bits per heavy atom. The Morgan fingerprint density at radius 3 is 2.22 bits per heavy atom. The first-order valence-electron chi connectivity index (χ1n) is 7.86. The predicted octanol–water partition coefficient (Wildman–Crippen LogP) is 3.10. The highest BCUT2D eigenvalue weighted by atomic mass is 79.9. The number of piperidine rings is 1. The minimum absolute atomic E-state index is 0.132. The third-order valence-electron chi connectivity index (χ3n) is 4.75. The van der Waals surface area contributed by atoms with E-state index >= 15 is 0 Å². The van der Waals surface area contributed by atoms with Gasteiger partial charge < -0.3 is 5.32 Å². The van der Waals surface area contributed by atoms with Crippen LogP contribution in [-0.4, -0.2) is 29.2 Å². The molecule has 1 aromatic rings. The molecule has 1 aliphatic heterocycles. The largest absolute Gasteiger partial charge is 0.325 e. The first-order valence-corrected chi connectivity index (χ1v) is 8.65. The minimum atomic E-state index is -0.351. The highest BCUT2D eigenvalue weighted by molar-refractivity contribution is 9.10. The van der Waals surface area contributed by atoms with Gasteiger partial charge in [0.1, 0.15) is 6.54 Å². The maximum absolute atomic E-state index is 12.3. The van der Waals surface area contributed by atoms with Gasteiger partial charge in [-0.25, -0.2) is 0 Å². The van der Waals surface area contributed by atoms with Gasteiger partial charge in [0.25, 0.3) is 0 Å². The molecule has 2 aliphatic rings. The average Bonchev–Trinajstić information content (AvgIpc) is 2.93. The normalized spacial score (nSPS) is 20.1. The van der Waals surface area contributed by atoms with Crippen molar-refractivity contribution in [3.8, 4) is 0 Å². The first-order chi connectivity index (χ1) is 11.0. The van der Waals surface area contributed by atoms with Crippen molar-refractivity contribution in [2.45, 2.75) is 38.5 Å². The number of halogens is 1. The van der Waals surface area contributed by atoms with Crippen molar-refractivity contribution in [3.05, 3.63) is 28.7 Å². The predicted molar refractivity (Wildman–Crippen MR) is 89.6 cm³/mol. The fourth-order valence-electron chi connectivity index (χ4n) is 3.57. The van der Waals surface area contributed by atoms with Crippen molar-refractivity contribution in [3.63, 3.8) is 0 Å². The number of carbonyl (C=O) groups excluding carboxylic acids is 3. The second-order valence-corrected chi connectivity index (χ2v) is 7.41. The van der Waals surface area contributed by atoms with Crippen LogP contribution in [0.25, 0.3) is 0 Å². The molecule has 1 saturated carbocycles. The molecule has 1 aliphatic carbocycles. The Kier molecular flexibility index (Phi) is 4.53. The van der Waals surface area contributed by atoms with Gasteiger partial charge in [-0.05, 0) is 42.5 Å². The molecule has 2 fully saturated rings. The molecule has 0 aromatic heterocycles. The lowest BCUT2D eigenvalue weighted by atomic mass is 9.76. The average molecular weight is 379 g/mol. The van der Waals surface area contributed by atoms with E-state index in [0.717, 1.165) is 35.1 Å². The van der Waals surface area contributed by atoms with E-state index in [-0.39, 0.29) is 29.7 Å². The smallest absolute Gasteiger partial charge is 0.244 e. The van der Waals surface area contributed by atoms with Gasteiger partial charge in [0.2, 0.25) is 17.7 Å². The number of amides is 3. The number of nitrogens with zero attached hydrogens (tertiary/aromatic N) is 1. The topological polar surface area (TPSA) is 66.5 Å². The molecule has 6 heteroatoms. The molecule has 23 heavy (non-hydrogen) atoms. The SMILES string of the molecule is O=C(CN1C(=O)CC2(CCCC2)CC1=O)Nc1ccc(Br)cc1. The number of likely N-dealkylation sites (tertiary alicyclic amines) is 1. The Morgan fingerprint density at radius 2 is 1.65 bits per heavy atom. The van der Waals surface area contributed by atoms with Crippen molar-refractivity contribution < 1.29 is 14.4 Å². The van der Waals surface area contributed by atoms with E-state index in [1.165, 1.54) is 0 Å². The van der Waals surface area contributed by atoms with Crippen LogP contribution >= 0.6 is 15.9 Å². The van der Waals surface area contributed by atoms with E-state index < -0.39 is 0 Å². The molecule has 5 nitrogen and oxygen atoms in total. The van der Waals surface area contributed by atoms with Crippen LogP contribution in [0.3, 0.4) is 0 Å². The monoisotopic (exact) mass is 378 g/mol. The van der Waals surface area contributed by atoms with E-state index in [4.69, 9.17) is 0 Å². The summed E-state index contributed by atoms with van der Waals surface area (Å²) in [4.78, 5) is 37.8. The van der Waals surface area contributed by atoms with Crippen LogP contribution in [0.1, 0.15) is 38.5 Å². The van der Waals surface area contributed by atoms with Gasteiger partial charge >= 0.3 is 0 Å². The Hall–Kier alpha value is -1.69. The van der Waals surface area contributed by atoms with Crippen molar-refractivity contribution in [2.75, 3.05) is 11.9 Å². The summed E-state index contributed by atoms with van der Waals surface area (Å²) >= 11 is 3.33. The second kappa shape index (κ2) is 6.43. The third kappa shape index (κ3) is 3.63. The number of hydrogen-bond acceptors (Lipinski definition) is 3. The molecule has 1 N–H and O–H groups in total. The Labute approximate surface area is 143 Å². The summed E-state index contributed by atoms with van der Waals surface area (Å²) in [6.07, 6.45) is 4.86. The maximum atomic E-state index is 12.3. The van der Waals surface area contributed by atoms with Crippen molar-refractivity contribution in [1.29, 1.82) is 0 Å². The van der Waals surface area contributed by atoms with Crippen molar-refractivity contribution >= 4 is 39.3 Å². The third-order valence-corrected chi connectivity index (χ3v) is 5.28. The lowest BCUT2D eigenvalue weighted by molar-refractivity contribution is -0.155. The molecule has 0 atom stereocenters. The summed E-state index contributed by atoms with van der Waals surface area (Å²) in [7, 11) is 0. The summed E-state index contributed by atoms with van der Waals surface area (Å²) in [5.41, 5.74) is 0.509. The van der Waals surface area contributed by atoms with E-state index in [2.05, 4.69) is 21.2 Å². The van der Waals surface area contributed by atoms with Crippen molar-refractivity contribution in [1.82, 2.24) is 4.90 Å². The van der Waals surface area contributed by atoms with Gasteiger partial charge in [-0.1, -0.05) is 28.8 Å². The zero-order valence-corrected chi connectivity index (χ0v) is 14.4. The molecule has 1 aromatic carbocycles. The Balaban J connectivity index is 1.61. The van der Waals surface area contributed by atoms with E-state index in [1.54, 1.807) is 12.1 Å². The molecule has 0 radical (unpaired) electrons. The fraction of sp³-hybridized carbons (Fsp3) is 0.471. The van der Waals surface area contributed by atoms with Gasteiger partial charge in [-0.2, -0.15) is 0 Å². The molecular weight excluding hydrogens is 360 g/mol. The quantitative estimate of drug-likeness (QED) is 0.821. The summed E-state index contributed by atoms with van der Waals surface area (Å²) in [5.74, 6) is -0.778. The first kappa shape index (κ1) is 16.2. The van der Waals surface area contributed by atoms with Gasteiger partial charge in [0.05, 0.1) is 0 Å². The van der Waals surface area contributed by atoms with Crippen LogP contribution in [0.4, 0.5) is 5.69 Å². The second-order valence-electron chi connectivity index (χ2n) is 6.49. The van der Waals surface area contributed by atoms with Gasteiger partial charge in [-0.3, -0.25) is 19.3 Å². The van der Waals surface area contributed by atoms with Gasteiger partial charge in [0, 0.05) is 23.0 Å². The molecule has 1 spiro atoms. The molecule has 0 unspecified atom stereocenters. The zero-order valence-electron chi connectivity index (χ0n) is 12.8. The number of imide groups is 1. The Bertz CT molecular complexity index is 616. The van der Waals surface area contributed by atoms with Crippen LogP contribution in [0.5, 0.6) is 0 Å². The van der Waals surface area contributed by atoms with Crippen LogP contribution in [0.2, 0.25) is 0 Å². The zero-order chi connectivity index (χ0) is 16.4. The highest BCUT2D eigenvalue weighted by Gasteiger charge is 2.45. The summed E-state index contributed by atoms with van der Waals surface area (Å²) in [6, 6.07) is 7.15.